The van der Waals surface area contributed by atoms with Gasteiger partial charge in [0.1, 0.15) is 0 Å². The highest BCUT2D eigenvalue weighted by molar-refractivity contribution is 7.89. The van der Waals surface area contributed by atoms with Crippen LogP contribution in [0.3, 0.4) is 0 Å². The molecule has 1 unspecified atom stereocenters. The highest BCUT2D eigenvalue weighted by Crippen LogP contribution is 2.25. The Labute approximate surface area is 126 Å². The van der Waals surface area contributed by atoms with Crippen molar-refractivity contribution in [1.29, 1.82) is 0 Å². The lowest BCUT2D eigenvalue weighted by Gasteiger charge is -2.22. The summed E-state index contributed by atoms with van der Waals surface area (Å²) in [4.78, 5) is 11.7. The Morgan fingerprint density at radius 1 is 1.38 bits per heavy atom. The molecule has 1 atom stereocenters. The lowest BCUT2D eigenvalue weighted by molar-refractivity contribution is -0.124. The Balaban J connectivity index is 3.14. The van der Waals surface area contributed by atoms with E-state index in [1.807, 2.05) is 0 Å². The van der Waals surface area contributed by atoms with Crippen molar-refractivity contribution in [3.63, 3.8) is 0 Å². The van der Waals surface area contributed by atoms with E-state index in [2.05, 4.69) is 5.32 Å². The van der Waals surface area contributed by atoms with Gasteiger partial charge in [-0.15, -0.1) is 0 Å². The molecule has 0 aliphatic rings. The maximum absolute atomic E-state index is 12.6. The Bertz CT molecular complexity index is 641. The van der Waals surface area contributed by atoms with Crippen LogP contribution in [0.1, 0.15) is 18.1 Å². The first-order valence-corrected chi connectivity index (χ1v) is 8.10. The van der Waals surface area contributed by atoms with Gasteiger partial charge in [0, 0.05) is 32.2 Å². The van der Waals surface area contributed by atoms with Crippen LogP contribution in [0.5, 0.6) is 0 Å². The van der Waals surface area contributed by atoms with Crippen LogP contribution >= 0.6 is 0 Å². The summed E-state index contributed by atoms with van der Waals surface area (Å²) in [6, 6.07) is 3.34. The Morgan fingerprint density at radius 3 is 2.48 bits per heavy atom. The van der Waals surface area contributed by atoms with Crippen LogP contribution < -0.4 is 11.1 Å². The molecule has 1 amide bonds. The zero-order valence-electron chi connectivity index (χ0n) is 13.1. The molecule has 7 heteroatoms. The molecule has 0 aliphatic heterocycles. The summed E-state index contributed by atoms with van der Waals surface area (Å²) in [5.74, 6) is -0.630. The second kappa shape index (κ2) is 6.44. The summed E-state index contributed by atoms with van der Waals surface area (Å²) in [7, 11) is -0.687. The van der Waals surface area contributed by atoms with Crippen molar-refractivity contribution in [1.82, 2.24) is 9.62 Å². The Morgan fingerprint density at radius 2 is 1.95 bits per heavy atom. The van der Waals surface area contributed by atoms with Crippen molar-refractivity contribution < 1.29 is 13.2 Å². The number of nitrogens with zero attached hydrogens (tertiary/aromatic N) is 1. The van der Waals surface area contributed by atoms with Crippen LogP contribution in [0.15, 0.2) is 17.0 Å². The molecule has 0 fully saturated rings. The number of nitrogen functional groups attached to an aromatic ring is 1. The van der Waals surface area contributed by atoms with Gasteiger partial charge in [0.25, 0.3) is 0 Å². The van der Waals surface area contributed by atoms with Crippen LogP contribution in [-0.4, -0.2) is 39.3 Å². The van der Waals surface area contributed by atoms with Crippen molar-refractivity contribution in [2.45, 2.75) is 25.7 Å². The smallest absolute Gasteiger partial charge is 0.243 e. The first-order chi connectivity index (χ1) is 9.61. The van der Waals surface area contributed by atoms with E-state index >= 15 is 0 Å². The van der Waals surface area contributed by atoms with Crippen LogP contribution in [0.25, 0.3) is 0 Å². The van der Waals surface area contributed by atoms with Gasteiger partial charge in [0.05, 0.1) is 4.90 Å². The molecule has 1 aromatic rings. The molecule has 118 valence electrons. The molecule has 0 aromatic heterocycles. The van der Waals surface area contributed by atoms with E-state index in [0.29, 0.717) is 11.3 Å². The SMILES string of the molecule is CNC(=O)C(C)CN(C)S(=O)(=O)c1cc(C)cc(N)c1C. The third kappa shape index (κ3) is 3.74. The van der Waals surface area contributed by atoms with Crippen molar-refractivity contribution in [3.05, 3.63) is 23.3 Å². The average molecular weight is 313 g/mol. The first kappa shape index (κ1) is 17.5. The van der Waals surface area contributed by atoms with E-state index in [1.165, 1.54) is 18.4 Å². The summed E-state index contributed by atoms with van der Waals surface area (Å²) < 4.78 is 26.5. The molecule has 1 aromatic carbocycles. The van der Waals surface area contributed by atoms with Gasteiger partial charge in [-0.05, 0) is 37.1 Å². The molecular weight excluding hydrogens is 290 g/mol. The van der Waals surface area contributed by atoms with Crippen LogP contribution in [-0.2, 0) is 14.8 Å². The number of nitrogens with two attached hydrogens (primary N) is 1. The monoisotopic (exact) mass is 313 g/mol. The Kier molecular flexibility index (Phi) is 5.36. The fraction of sp³-hybridized carbons (Fsp3) is 0.500. The number of rotatable bonds is 5. The van der Waals surface area contributed by atoms with Gasteiger partial charge in [-0.3, -0.25) is 4.79 Å². The topological polar surface area (TPSA) is 92.5 Å². The number of benzene rings is 1. The number of amides is 1. The molecule has 1 rings (SSSR count). The molecule has 6 nitrogen and oxygen atoms in total. The maximum Gasteiger partial charge on any atom is 0.243 e. The van der Waals surface area contributed by atoms with Crippen molar-refractivity contribution in [2.75, 3.05) is 26.4 Å². The summed E-state index contributed by atoms with van der Waals surface area (Å²) in [6.45, 7) is 5.26. The zero-order valence-corrected chi connectivity index (χ0v) is 13.9. The summed E-state index contributed by atoms with van der Waals surface area (Å²) in [5.41, 5.74) is 7.60. The highest BCUT2D eigenvalue weighted by Gasteiger charge is 2.26. The maximum atomic E-state index is 12.6. The molecule has 21 heavy (non-hydrogen) atoms. The van der Waals surface area contributed by atoms with Crippen LogP contribution in [0, 0.1) is 19.8 Å². The van der Waals surface area contributed by atoms with E-state index in [9.17, 15) is 13.2 Å². The van der Waals surface area contributed by atoms with Crippen molar-refractivity contribution in [2.24, 2.45) is 5.92 Å². The van der Waals surface area contributed by atoms with Crippen molar-refractivity contribution >= 4 is 21.6 Å². The zero-order chi connectivity index (χ0) is 16.4. The predicted octanol–water partition coefficient (Wildman–Crippen LogP) is 0.888. The standard InChI is InChI=1S/C14H23N3O3S/c1-9-6-12(15)11(3)13(7-9)21(19,20)17(5)8-10(2)14(18)16-4/h6-7,10H,8,15H2,1-5H3,(H,16,18). The Hall–Kier alpha value is -1.60. The first-order valence-electron chi connectivity index (χ1n) is 6.66. The predicted molar refractivity (Wildman–Crippen MR) is 83.4 cm³/mol. The fourth-order valence-corrected chi connectivity index (χ4v) is 3.70. The van der Waals surface area contributed by atoms with Crippen molar-refractivity contribution in [3.8, 4) is 0 Å². The lowest BCUT2D eigenvalue weighted by Crippen LogP contribution is -2.37. The number of nitrogens with one attached hydrogen (secondary N) is 1. The number of anilines is 1. The van der Waals surface area contributed by atoms with Gasteiger partial charge in [0.15, 0.2) is 0 Å². The van der Waals surface area contributed by atoms with E-state index in [1.54, 1.807) is 32.9 Å². The summed E-state index contributed by atoms with van der Waals surface area (Å²) >= 11 is 0. The number of hydrogen-bond donors (Lipinski definition) is 2. The van der Waals surface area contributed by atoms with E-state index in [0.717, 1.165) is 5.56 Å². The van der Waals surface area contributed by atoms with Gasteiger partial charge in [-0.1, -0.05) is 6.92 Å². The molecule has 0 radical (unpaired) electrons. The molecule has 0 spiro atoms. The number of sulfonamides is 1. The normalized spacial score (nSPS) is 13.2. The summed E-state index contributed by atoms with van der Waals surface area (Å²) in [6.07, 6.45) is 0. The number of carbonyl (C=O) groups is 1. The van der Waals surface area contributed by atoms with Gasteiger partial charge in [-0.2, -0.15) is 0 Å². The quantitative estimate of drug-likeness (QED) is 0.790. The van der Waals surface area contributed by atoms with E-state index in [4.69, 9.17) is 5.73 Å². The third-order valence-electron chi connectivity index (χ3n) is 3.46. The van der Waals surface area contributed by atoms with Crippen LogP contribution in [0.2, 0.25) is 0 Å². The number of carbonyl (C=O) groups excluding carboxylic acids is 1. The van der Waals surface area contributed by atoms with E-state index in [-0.39, 0.29) is 17.3 Å². The largest absolute Gasteiger partial charge is 0.398 e. The van der Waals surface area contributed by atoms with Crippen LogP contribution in [0.4, 0.5) is 5.69 Å². The minimum Gasteiger partial charge on any atom is -0.398 e. The van der Waals surface area contributed by atoms with Gasteiger partial charge in [0.2, 0.25) is 15.9 Å². The molecule has 0 saturated carbocycles. The fourth-order valence-electron chi connectivity index (χ4n) is 2.10. The molecule has 0 bridgehead atoms. The lowest BCUT2D eigenvalue weighted by atomic mass is 10.1. The average Bonchev–Trinajstić information content (AvgIpc) is 2.41. The third-order valence-corrected chi connectivity index (χ3v) is 5.41. The van der Waals surface area contributed by atoms with Gasteiger partial charge >= 0.3 is 0 Å². The van der Waals surface area contributed by atoms with E-state index < -0.39 is 15.9 Å². The minimum atomic E-state index is -3.68. The van der Waals surface area contributed by atoms with Gasteiger partial charge in [-0.25, -0.2) is 12.7 Å². The minimum absolute atomic E-state index is 0.106. The molecule has 0 heterocycles. The molecule has 3 N–H and O–H groups in total. The molecule has 0 saturated heterocycles. The van der Waals surface area contributed by atoms with Gasteiger partial charge < -0.3 is 11.1 Å². The highest BCUT2D eigenvalue weighted by atomic mass is 32.2. The number of aryl methyl sites for hydroxylation is 1. The number of hydrogen-bond acceptors (Lipinski definition) is 4. The molecular formula is C14H23N3O3S. The second-order valence-electron chi connectivity index (χ2n) is 5.28. The summed E-state index contributed by atoms with van der Waals surface area (Å²) in [5, 5.41) is 2.51. The second-order valence-corrected chi connectivity index (χ2v) is 7.29. The molecule has 0 aliphatic carbocycles.